The molecule has 2 amide bonds. The Morgan fingerprint density at radius 1 is 1.19 bits per heavy atom. The fourth-order valence-corrected chi connectivity index (χ4v) is 2.73. The van der Waals surface area contributed by atoms with Gasteiger partial charge in [-0.2, -0.15) is 0 Å². The van der Waals surface area contributed by atoms with Crippen molar-refractivity contribution >= 4 is 23.3 Å². The molecule has 21 heavy (non-hydrogen) atoms. The number of anilines is 1. The number of nitrogens with one attached hydrogen (secondary N) is 1. The summed E-state index contributed by atoms with van der Waals surface area (Å²) < 4.78 is 0. The molecule has 0 atom stereocenters. The van der Waals surface area contributed by atoms with Crippen LogP contribution in [0.2, 0.25) is 5.02 Å². The third kappa shape index (κ3) is 5.21. The van der Waals surface area contributed by atoms with Gasteiger partial charge in [-0.1, -0.05) is 25.4 Å². The van der Waals surface area contributed by atoms with Crippen LogP contribution in [0.1, 0.15) is 20.3 Å². The molecule has 0 unspecified atom stereocenters. The van der Waals surface area contributed by atoms with Gasteiger partial charge in [0, 0.05) is 36.9 Å². The molecule has 0 spiro atoms. The Bertz CT molecular complexity index is 461. The zero-order chi connectivity index (χ0) is 15.2. The average molecular weight is 310 g/mol. The van der Waals surface area contributed by atoms with Gasteiger partial charge in [-0.15, -0.1) is 0 Å². The molecule has 5 heteroatoms. The summed E-state index contributed by atoms with van der Waals surface area (Å²) in [7, 11) is 0. The van der Waals surface area contributed by atoms with Crippen LogP contribution in [0.5, 0.6) is 0 Å². The lowest BCUT2D eigenvalue weighted by atomic mass is 10.2. The second-order valence-electron chi connectivity index (χ2n) is 5.97. The van der Waals surface area contributed by atoms with Crippen LogP contribution in [0.4, 0.5) is 10.5 Å². The van der Waals surface area contributed by atoms with Gasteiger partial charge in [0.15, 0.2) is 0 Å². The molecule has 1 aromatic rings. The van der Waals surface area contributed by atoms with Crippen LogP contribution < -0.4 is 5.32 Å². The van der Waals surface area contributed by atoms with E-state index in [9.17, 15) is 4.79 Å². The van der Waals surface area contributed by atoms with Crippen LogP contribution in [0.25, 0.3) is 0 Å². The maximum atomic E-state index is 12.3. The molecule has 0 bridgehead atoms. The average Bonchev–Trinajstić information content (AvgIpc) is 2.66. The van der Waals surface area contributed by atoms with E-state index in [-0.39, 0.29) is 6.03 Å². The van der Waals surface area contributed by atoms with E-state index >= 15 is 0 Å². The van der Waals surface area contributed by atoms with Crippen molar-refractivity contribution in [1.82, 2.24) is 9.80 Å². The topological polar surface area (TPSA) is 35.6 Å². The highest BCUT2D eigenvalue weighted by molar-refractivity contribution is 6.30. The highest BCUT2D eigenvalue weighted by Gasteiger charge is 2.19. The van der Waals surface area contributed by atoms with Crippen molar-refractivity contribution in [2.24, 2.45) is 5.92 Å². The number of halogens is 1. The molecule has 1 heterocycles. The minimum Gasteiger partial charge on any atom is -0.323 e. The molecule has 1 aliphatic heterocycles. The molecule has 0 radical (unpaired) electrons. The summed E-state index contributed by atoms with van der Waals surface area (Å²) in [6.45, 7) is 9.19. The van der Waals surface area contributed by atoms with E-state index in [0.717, 1.165) is 44.8 Å². The summed E-state index contributed by atoms with van der Waals surface area (Å²) in [6, 6.07) is 7.18. The molecule has 0 aromatic heterocycles. The largest absolute Gasteiger partial charge is 0.323 e. The van der Waals surface area contributed by atoms with Crippen molar-refractivity contribution in [3.63, 3.8) is 0 Å². The molecule has 116 valence electrons. The number of rotatable bonds is 3. The molecule has 1 saturated heterocycles. The maximum absolute atomic E-state index is 12.3. The van der Waals surface area contributed by atoms with E-state index in [0.29, 0.717) is 10.9 Å². The third-order valence-corrected chi connectivity index (χ3v) is 3.85. The van der Waals surface area contributed by atoms with Gasteiger partial charge < -0.3 is 15.1 Å². The standard InChI is InChI=1S/C16H24ClN3O/c1-13(2)12-19-8-3-9-20(11-10-19)16(21)18-15-6-4-14(17)5-7-15/h4-7,13H,3,8-12H2,1-2H3,(H,18,21). The quantitative estimate of drug-likeness (QED) is 0.927. The Balaban J connectivity index is 1.86. The van der Waals surface area contributed by atoms with Gasteiger partial charge >= 0.3 is 6.03 Å². The van der Waals surface area contributed by atoms with Crippen molar-refractivity contribution in [3.05, 3.63) is 29.3 Å². The zero-order valence-electron chi connectivity index (χ0n) is 12.8. The number of hydrogen-bond acceptors (Lipinski definition) is 2. The summed E-state index contributed by atoms with van der Waals surface area (Å²) in [4.78, 5) is 16.6. The Morgan fingerprint density at radius 2 is 1.90 bits per heavy atom. The van der Waals surface area contributed by atoms with Crippen LogP contribution in [0, 0.1) is 5.92 Å². The Morgan fingerprint density at radius 3 is 2.57 bits per heavy atom. The van der Waals surface area contributed by atoms with Gasteiger partial charge in [-0.25, -0.2) is 4.79 Å². The summed E-state index contributed by atoms with van der Waals surface area (Å²) in [5, 5.41) is 3.61. The lowest BCUT2D eigenvalue weighted by Crippen LogP contribution is -2.38. The van der Waals surface area contributed by atoms with E-state index < -0.39 is 0 Å². The van der Waals surface area contributed by atoms with Gasteiger partial charge in [0.1, 0.15) is 0 Å². The van der Waals surface area contributed by atoms with Crippen LogP contribution in [0.15, 0.2) is 24.3 Å². The van der Waals surface area contributed by atoms with E-state index in [1.807, 2.05) is 17.0 Å². The predicted molar refractivity (Wildman–Crippen MR) is 87.9 cm³/mol. The lowest BCUT2D eigenvalue weighted by molar-refractivity contribution is 0.209. The van der Waals surface area contributed by atoms with Crippen molar-refractivity contribution in [2.75, 3.05) is 38.0 Å². The maximum Gasteiger partial charge on any atom is 0.321 e. The van der Waals surface area contributed by atoms with Crippen molar-refractivity contribution in [3.8, 4) is 0 Å². The van der Waals surface area contributed by atoms with Crippen molar-refractivity contribution in [1.29, 1.82) is 0 Å². The first-order valence-corrected chi connectivity index (χ1v) is 7.96. The Kier molecular flexibility index (Phi) is 5.88. The van der Waals surface area contributed by atoms with Gasteiger partial charge in [-0.05, 0) is 43.1 Å². The minimum absolute atomic E-state index is 0.0243. The summed E-state index contributed by atoms with van der Waals surface area (Å²) >= 11 is 5.85. The number of hydrogen-bond donors (Lipinski definition) is 1. The molecule has 4 nitrogen and oxygen atoms in total. The zero-order valence-corrected chi connectivity index (χ0v) is 13.6. The van der Waals surface area contributed by atoms with Crippen LogP contribution in [-0.2, 0) is 0 Å². The first-order valence-electron chi connectivity index (χ1n) is 7.58. The number of carbonyl (C=O) groups excluding carboxylic acids is 1. The molecule has 1 fully saturated rings. The molecule has 0 saturated carbocycles. The third-order valence-electron chi connectivity index (χ3n) is 3.59. The summed E-state index contributed by atoms with van der Waals surface area (Å²) in [5.74, 6) is 0.666. The van der Waals surface area contributed by atoms with E-state index in [1.54, 1.807) is 12.1 Å². The molecule has 1 aliphatic rings. The number of urea groups is 1. The predicted octanol–water partition coefficient (Wildman–Crippen LogP) is 3.54. The molecule has 1 aromatic carbocycles. The van der Waals surface area contributed by atoms with E-state index in [2.05, 4.69) is 24.1 Å². The highest BCUT2D eigenvalue weighted by Crippen LogP contribution is 2.14. The van der Waals surface area contributed by atoms with E-state index in [1.165, 1.54) is 0 Å². The fraction of sp³-hybridized carbons (Fsp3) is 0.562. The highest BCUT2D eigenvalue weighted by atomic mass is 35.5. The summed E-state index contributed by atoms with van der Waals surface area (Å²) in [6.07, 6.45) is 1.03. The fourth-order valence-electron chi connectivity index (χ4n) is 2.61. The van der Waals surface area contributed by atoms with Crippen LogP contribution in [0.3, 0.4) is 0 Å². The number of amides is 2. The molecular weight excluding hydrogens is 286 g/mol. The molecule has 2 rings (SSSR count). The number of benzene rings is 1. The monoisotopic (exact) mass is 309 g/mol. The summed E-state index contributed by atoms with van der Waals surface area (Å²) in [5.41, 5.74) is 0.785. The van der Waals surface area contributed by atoms with Gasteiger partial charge in [0.25, 0.3) is 0 Å². The molecule has 1 N–H and O–H groups in total. The van der Waals surface area contributed by atoms with E-state index in [4.69, 9.17) is 11.6 Å². The van der Waals surface area contributed by atoms with Crippen molar-refractivity contribution in [2.45, 2.75) is 20.3 Å². The Labute approximate surface area is 132 Å². The van der Waals surface area contributed by atoms with Gasteiger partial charge in [0.2, 0.25) is 0 Å². The SMILES string of the molecule is CC(C)CN1CCCN(C(=O)Nc2ccc(Cl)cc2)CC1. The molecular formula is C16H24ClN3O. The Hall–Kier alpha value is -1.26. The number of carbonyl (C=O) groups is 1. The lowest BCUT2D eigenvalue weighted by Gasteiger charge is -2.23. The first-order chi connectivity index (χ1) is 10.0. The van der Waals surface area contributed by atoms with Crippen LogP contribution in [-0.4, -0.2) is 48.6 Å². The van der Waals surface area contributed by atoms with Gasteiger partial charge in [-0.3, -0.25) is 0 Å². The van der Waals surface area contributed by atoms with Crippen LogP contribution >= 0.6 is 11.6 Å². The first kappa shape index (κ1) is 16.1. The minimum atomic E-state index is -0.0243. The molecule has 0 aliphatic carbocycles. The van der Waals surface area contributed by atoms with Gasteiger partial charge in [0.05, 0.1) is 0 Å². The van der Waals surface area contributed by atoms with Crippen molar-refractivity contribution < 1.29 is 4.79 Å². The smallest absolute Gasteiger partial charge is 0.321 e. The second kappa shape index (κ2) is 7.66. The normalized spacial score (nSPS) is 16.9. The second-order valence-corrected chi connectivity index (χ2v) is 6.41. The number of nitrogens with zero attached hydrogens (tertiary/aromatic N) is 2.